The number of hydrogen-bond acceptors (Lipinski definition) is 4. The number of likely N-dealkylation sites (tertiary alicyclic amines) is 2. The SMILES string of the molecule is O=C1CCC2(CCCN(C(=O)c3ccccn3)C2)CN1Cc1ccccn1. The van der Waals surface area contributed by atoms with Crippen LogP contribution >= 0.6 is 0 Å². The van der Waals surface area contributed by atoms with Crippen LogP contribution in [0.15, 0.2) is 48.8 Å². The van der Waals surface area contributed by atoms with Crippen LogP contribution in [0, 0.1) is 5.41 Å². The molecule has 2 aliphatic rings. The number of hydrogen-bond donors (Lipinski definition) is 0. The van der Waals surface area contributed by atoms with E-state index in [1.165, 1.54) is 0 Å². The predicted molar refractivity (Wildman–Crippen MR) is 101 cm³/mol. The average molecular weight is 364 g/mol. The van der Waals surface area contributed by atoms with Crippen LogP contribution in [0.25, 0.3) is 0 Å². The number of piperidine rings is 2. The molecule has 0 saturated carbocycles. The van der Waals surface area contributed by atoms with Crippen LogP contribution in [-0.2, 0) is 11.3 Å². The third kappa shape index (κ3) is 3.84. The molecule has 2 aromatic heterocycles. The van der Waals surface area contributed by atoms with Crippen LogP contribution < -0.4 is 0 Å². The van der Waals surface area contributed by atoms with E-state index in [9.17, 15) is 9.59 Å². The van der Waals surface area contributed by atoms with Crippen molar-refractivity contribution in [2.24, 2.45) is 5.41 Å². The number of rotatable bonds is 3. The standard InChI is InChI=1S/C21H24N4O2/c26-19-8-10-21(16-25(19)14-17-6-1-3-11-22-17)9-5-13-24(15-21)20(27)18-7-2-4-12-23-18/h1-4,6-7,11-12H,5,8-10,13-16H2. The van der Waals surface area contributed by atoms with E-state index < -0.39 is 0 Å². The fourth-order valence-electron chi connectivity index (χ4n) is 4.30. The van der Waals surface area contributed by atoms with E-state index in [0.29, 0.717) is 31.7 Å². The first-order valence-electron chi connectivity index (χ1n) is 9.53. The number of nitrogens with zero attached hydrogens (tertiary/aromatic N) is 4. The van der Waals surface area contributed by atoms with Gasteiger partial charge in [-0.05, 0) is 43.5 Å². The summed E-state index contributed by atoms with van der Waals surface area (Å²) in [5.41, 5.74) is 1.37. The molecule has 1 atom stereocenters. The topological polar surface area (TPSA) is 66.4 Å². The zero-order valence-electron chi connectivity index (χ0n) is 15.4. The molecule has 6 heteroatoms. The van der Waals surface area contributed by atoms with Gasteiger partial charge in [0.15, 0.2) is 0 Å². The molecular weight excluding hydrogens is 340 g/mol. The summed E-state index contributed by atoms with van der Waals surface area (Å²) in [4.78, 5) is 37.7. The van der Waals surface area contributed by atoms with Crippen molar-refractivity contribution < 1.29 is 9.59 Å². The highest BCUT2D eigenvalue weighted by Crippen LogP contribution is 2.39. The summed E-state index contributed by atoms with van der Waals surface area (Å²) in [5, 5.41) is 0. The Kier molecular flexibility index (Phi) is 4.88. The lowest BCUT2D eigenvalue weighted by Crippen LogP contribution is -2.54. The van der Waals surface area contributed by atoms with Crippen molar-refractivity contribution >= 4 is 11.8 Å². The Hall–Kier alpha value is -2.76. The molecule has 27 heavy (non-hydrogen) atoms. The van der Waals surface area contributed by atoms with E-state index in [1.807, 2.05) is 40.1 Å². The summed E-state index contributed by atoms with van der Waals surface area (Å²) in [7, 11) is 0. The van der Waals surface area contributed by atoms with Crippen molar-refractivity contribution in [1.82, 2.24) is 19.8 Å². The van der Waals surface area contributed by atoms with E-state index in [1.54, 1.807) is 18.5 Å². The number of amides is 2. The molecule has 2 amide bonds. The summed E-state index contributed by atoms with van der Waals surface area (Å²) in [6, 6.07) is 11.2. The molecule has 2 saturated heterocycles. The van der Waals surface area contributed by atoms with Gasteiger partial charge in [0.2, 0.25) is 5.91 Å². The lowest BCUT2D eigenvalue weighted by Gasteiger charge is -2.48. The Labute approximate surface area is 159 Å². The van der Waals surface area contributed by atoms with E-state index in [0.717, 1.165) is 31.5 Å². The fraction of sp³-hybridized carbons (Fsp3) is 0.429. The van der Waals surface area contributed by atoms with Crippen molar-refractivity contribution in [3.8, 4) is 0 Å². The normalized spacial score (nSPS) is 22.9. The zero-order valence-corrected chi connectivity index (χ0v) is 15.4. The fourth-order valence-corrected chi connectivity index (χ4v) is 4.30. The Bertz CT molecular complexity index is 805. The van der Waals surface area contributed by atoms with Crippen molar-refractivity contribution in [3.05, 3.63) is 60.2 Å². The van der Waals surface area contributed by atoms with Gasteiger partial charge in [-0.3, -0.25) is 19.6 Å². The van der Waals surface area contributed by atoms with Crippen LogP contribution in [0.5, 0.6) is 0 Å². The Morgan fingerprint density at radius 2 is 1.85 bits per heavy atom. The monoisotopic (exact) mass is 364 g/mol. The lowest BCUT2D eigenvalue weighted by atomic mass is 9.73. The van der Waals surface area contributed by atoms with Crippen LogP contribution in [0.3, 0.4) is 0 Å². The molecule has 2 fully saturated rings. The molecule has 0 bridgehead atoms. The minimum atomic E-state index is -0.0224. The maximum Gasteiger partial charge on any atom is 0.272 e. The molecule has 2 aliphatic heterocycles. The highest BCUT2D eigenvalue weighted by atomic mass is 16.2. The molecule has 1 spiro atoms. The van der Waals surface area contributed by atoms with Crippen molar-refractivity contribution in [3.63, 3.8) is 0 Å². The molecule has 0 aliphatic carbocycles. The van der Waals surface area contributed by atoms with Gasteiger partial charge in [0.05, 0.1) is 12.2 Å². The first kappa shape index (κ1) is 17.6. The second-order valence-corrected chi connectivity index (χ2v) is 7.62. The second kappa shape index (κ2) is 7.47. The van der Waals surface area contributed by atoms with Crippen molar-refractivity contribution in [2.45, 2.75) is 32.2 Å². The van der Waals surface area contributed by atoms with Gasteiger partial charge in [-0.1, -0.05) is 12.1 Å². The largest absolute Gasteiger partial charge is 0.337 e. The minimum Gasteiger partial charge on any atom is -0.337 e. The van der Waals surface area contributed by atoms with Gasteiger partial charge in [-0.15, -0.1) is 0 Å². The van der Waals surface area contributed by atoms with Gasteiger partial charge in [-0.25, -0.2) is 0 Å². The zero-order chi connectivity index (χ0) is 18.7. The Balaban J connectivity index is 1.48. The molecule has 0 radical (unpaired) electrons. The highest BCUT2D eigenvalue weighted by molar-refractivity contribution is 5.92. The molecular formula is C21H24N4O2. The van der Waals surface area contributed by atoms with Crippen molar-refractivity contribution in [1.29, 1.82) is 0 Å². The van der Waals surface area contributed by atoms with E-state index >= 15 is 0 Å². The summed E-state index contributed by atoms with van der Waals surface area (Å²) >= 11 is 0. The number of carbonyl (C=O) groups is 2. The third-order valence-corrected chi connectivity index (χ3v) is 5.66. The molecule has 140 valence electrons. The van der Waals surface area contributed by atoms with E-state index in [4.69, 9.17) is 0 Å². The molecule has 1 unspecified atom stereocenters. The van der Waals surface area contributed by atoms with Crippen LogP contribution in [0.4, 0.5) is 0 Å². The Morgan fingerprint density at radius 1 is 1.04 bits per heavy atom. The smallest absolute Gasteiger partial charge is 0.272 e. The number of carbonyl (C=O) groups excluding carboxylic acids is 2. The van der Waals surface area contributed by atoms with E-state index in [2.05, 4.69) is 9.97 Å². The minimum absolute atomic E-state index is 0.0112. The summed E-state index contributed by atoms with van der Waals surface area (Å²) in [6.45, 7) is 2.67. The maximum atomic E-state index is 12.8. The van der Waals surface area contributed by atoms with Gasteiger partial charge in [-0.2, -0.15) is 0 Å². The van der Waals surface area contributed by atoms with Gasteiger partial charge in [0.25, 0.3) is 5.91 Å². The molecule has 0 aromatic carbocycles. The van der Waals surface area contributed by atoms with Gasteiger partial charge in [0, 0.05) is 43.9 Å². The number of pyridine rings is 2. The first-order chi connectivity index (χ1) is 13.2. The Morgan fingerprint density at radius 3 is 2.59 bits per heavy atom. The maximum absolute atomic E-state index is 12.8. The second-order valence-electron chi connectivity index (χ2n) is 7.62. The van der Waals surface area contributed by atoms with Gasteiger partial charge < -0.3 is 9.80 Å². The quantitative estimate of drug-likeness (QED) is 0.839. The summed E-state index contributed by atoms with van der Waals surface area (Å²) < 4.78 is 0. The van der Waals surface area contributed by atoms with E-state index in [-0.39, 0.29) is 17.2 Å². The average Bonchev–Trinajstić information content (AvgIpc) is 2.72. The molecule has 4 rings (SSSR count). The molecule has 0 N–H and O–H groups in total. The van der Waals surface area contributed by atoms with Crippen LogP contribution in [-0.4, -0.2) is 51.2 Å². The van der Waals surface area contributed by atoms with Crippen molar-refractivity contribution in [2.75, 3.05) is 19.6 Å². The third-order valence-electron chi connectivity index (χ3n) is 5.66. The molecule has 2 aromatic rings. The number of aromatic nitrogens is 2. The first-order valence-corrected chi connectivity index (χ1v) is 9.53. The van der Waals surface area contributed by atoms with Gasteiger partial charge >= 0.3 is 0 Å². The molecule has 6 nitrogen and oxygen atoms in total. The summed E-state index contributed by atoms with van der Waals surface area (Å²) in [6.07, 6.45) is 6.80. The molecule has 4 heterocycles. The van der Waals surface area contributed by atoms with Crippen LogP contribution in [0.2, 0.25) is 0 Å². The predicted octanol–water partition coefficient (Wildman–Crippen LogP) is 2.52. The van der Waals surface area contributed by atoms with Gasteiger partial charge in [0.1, 0.15) is 5.69 Å². The summed E-state index contributed by atoms with van der Waals surface area (Å²) in [5.74, 6) is 0.169. The highest BCUT2D eigenvalue weighted by Gasteiger charge is 2.43. The lowest BCUT2D eigenvalue weighted by molar-refractivity contribution is -0.139. The van der Waals surface area contributed by atoms with Crippen LogP contribution in [0.1, 0.15) is 41.9 Å².